The number of anilines is 1. The summed E-state index contributed by atoms with van der Waals surface area (Å²) in [5.41, 5.74) is 4.44. The molecule has 2 aliphatic rings. The van der Waals surface area contributed by atoms with Crippen molar-refractivity contribution in [2.75, 3.05) is 11.9 Å². The molecule has 0 bridgehead atoms. The van der Waals surface area contributed by atoms with E-state index in [0.717, 1.165) is 24.1 Å². The number of carbonyl (C=O) groups is 2. The predicted molar refractivity (Wildman–Crippen MR) is 102 cm³/mol. The molecule has 26 heavy (non-hydrogen) atoms. The molecule has 1 aliphatic carbocycles. The number of halogens is 1. The molecule has 0 unspecified atom stereocenters. The molecule has 5 heteroatoms. The van der Waals surface area contributed by atoms with Gasteiger partial charge < -0.3 is 10.2 Å². The van der Waals surface area contributed by atoms with Crippen molar-refractivity contribution < 1.29 is 9.59 Å². The number of hydrogen-bond donors (Lipinski definition) is 1. The smallest absolute Gasteiger partial charge is 0.229 e. The fourth-order valence-corrected chi connectivity index (χ4v) is 4.02. The van der Waals surface area contributed by atoms with Crippen LogP contribution in [0.4, 0.5) is 5.69 Å². The minimum absolute atomic E-state index is 0.000905. The molecule has 0 radical (unpaired) electrons. The topological polar surface area (TPSA) is 49.4 Å². The second-order valence-corrected chi connectivity index (χ2v) is 7.50. The first-order chi connectivity index (χ1) is 12.6. The van der Waals surface area contributed by atoms with Crippen molar-refractivity contribution in [3.05, 3.63) is 64.2 Å². The number of carbonyl (C=O) groups excluding carboxylic acids is 2. The lowest BCUT2D eigenvalue weighted by Gasteiger charge is -2.17. The van der Waals surface area contributed by atoms with Crippen molar-refractivity contribution in [3.63, 3.8) is 0 Å². The molecule has 1 fully saturated rings. The molecule has 1 atom stereocenters. The molecule has 2 aromatic carbocycles. The van der Waals surface area contributed by atoms with Crippen LogP contribution in [-0.2, 0) is 29.0 Å². The average Bonchev–Trinajstić information content (AvgIpc) is 3.23. The number of hydrogen-bond acceptors (Lipinski definition) is 2. The molecular formula is C21H21ClN2O2. The van der Waals surface area contributed by atoms with Crippen LogP contribution in [0.15, 0.2) is 42.5 Å². The van der Waals surface area contributed by atoms with Crippen molar-refractivity contribution >= 4 is 29.1 Å². The number of aryl methyl sites for hydroxylation is 2. The van der Waals surface area contributed by atoms with Crippen LogP contribution in [-0.4, -0.2) is 23.3 Å². The first-order valence-corrected chi connectivity index (χ1v) is 9.42. The monoisotopic (exact) mass is 368 g/mol. The maximum Gasteiger partial charge on any atom is 0.229 e. The summed E-state index contributed by atoms with van der Waals surface area (Å²) in [5.74, 6) is -0.407. The van der Waals surface area contributed by atoms with E-state index in [4.69, 9.17) is 11.6 Å². The van der Waals surface area contributed by atoms with Gasteiger partial charge in [0, 0.05) is 30.2 Å². The van der Waals surface area contributed by atoms with Crippen LogP contribution < -0.4 is 5.32 Å². The molecule has 4 rings (SSSR count). The lowest BCUT2D eigenvalue weighted by molar-refractivity contribution is -0.128. The van der Waals surface area contributed by atoms with Gasteiger partial charge in [-0.3, -0.25) is 9.59 Å². The number of fused-ring (bicyclic) bond motifs is 1. The fourth-order valence-electron chi connectivity index (χ4n) is 3.83. The highest BCUT2D eigenvalue weighted by molar-refractivity contribution is 6.31. The van der Waals surface area contributed by atoms with Crippen LogP contribution in [0, 0.1) is 5.92 Å². The van der Waals surface area contributed by atoms with Gasteiger partial charge in [0.2, 0.25) is 11.8 Å². The van der Waals surface area contributed by atoms with Gasteiger partial charge >= 0.3 is 0 Å². The molecule has 2 amide bonds. The summed E-state index contributed by atoms with van der Waals surface area (Å²) in [6, 6.07) is 13.6. The Balaban J connectivity index is 1.40. The van der Waals surface area contributed by atoms with Crippen LogP contribution in [0.25, 0.3) is 0 Å². The Kier molecular flexibility index (Phi) is 4.68. The summed E-state index contributed by atoms with van der Waals surface area (Å²) in [6.45, 7) is 0.877. The fraction of sp³-hybridized carbons (Fsp3) is 0.333. The van der Waals surface area contributed by atoms with Gasteiger partial charge in [-0.15, -0.1) is 0 Å². The highest BCUT2D eigenvalue weighted by Gasteiger charge is 2.34. The summed E-state index contributed by atoms with van der Waals surface area (Å²) in [5, 5.41) is 3.63. The van der Waals surface area contributed by atoms with Crippen LogP contribution >= 0.6 is 11.6 Å². The lowest BCUT2D eigenvalue weighted by atomic mass is 10.1. The summed E-state index contributed by atoms with van der Waals surface area (Å²) in [7, 11) is 0. The van der Waals surface area contributed by atoms with Crippen molar-refractivity contribution in [1.29, 1.82) is 0 Å². The van der Waals surface area contributed by atoms with E-state index in [1.807, 2.05) is 30.3 Å². The van der Waals surface area contributed by atoms with Gasteiger partial charge in [-0.1, -0.05) is 35.9 Å². The van der Waals surface area contributed by atoms with E-state index < -0.39 is 0 Å². The third-order valence-corrected chi connectivity index (χ3v) is 5.64. The van der Waals surface area contributed by atoms with Gasteiger partial charge in [0.05, 0.1) is 5.92 Å². The van der Waals surface area contributed by atoms with E-state index in [1.54, 1.807) is 4.90 Å². The average molecular weight is 369 g/mol. The Labute approximate surface area is 158 Å². The second-order valence-electron chi connectivity index (χ2n) is 7.09. The Morgan fingerprint density at radius 2 is 1.96 bits per heavy atom. The summed E-state index contributed by atoms with van der Waals surface area (Å²) < 4.78 is 0. The van der Waals surface area contributed by atoms with E-state index in [0.29, 0.717) is 18.1 Å². The first-order valence-electron chi connectivity index (χ1n) is 9.04. The Hall–Kier alpha value is -2.33. The van der Waals surface area contributed by atoms with Crippen molar-refractivity contribution in [2.24, 2.45) is 5.92 Å². The Morgan fingerprint density at radius 1 is 1.15 bits per heavy atom. The number of rotatable bonds is 4. The molecular weight excluding hydrogens is 348 g/mol. The zero-order valence-electron chi connectivity index (χ0n) is 14.5. The minimum Gasteiger partial charge on any atom is -0.337 e. The molecule has 1 saturated heterocycles. The molecule has 2 aromatic rings. The van der Waals surface area contributed by atoms with Gasteiger partial charge in [0.1, 0.15) is 0 Å². The first kappa shape index (κ1) is 17.1. The van der Waals surface area contributed by atoms with Gasteiger partial charge in [-0.2, -0.15) is 0 Å². The van der Waals surface area contributed by atoms with E-state index >= 15 is 0 Å². The molecule has 1 N–H and O–H groups in total. The van der Waals surface area contributed by atoms with Crippen LogP contribution in [0.5, 0.6) is 0 Å². The molecule has 134 valence electrons. The van der Waals surface area contributed by atoms with Gasteiger partial charge in [-0.05, 0) is 54.2 Å². The predicted octanol–water partition coefficient (Wildman–Crippen LogP) is 3.82. The van der Waals surface area contributed by atoms with E-state index in [2.05, 4.69) is 17.4 Å². The van der Waals surface area contributed by atoms with Crippen molar-refractivity contribution in [1.82, 2.24) is 4.90 Å². The third kappa shape index (κ3) is 3.47. The molecule has 0 aromatic heterocycles. The Morgan fingerprint density at radius 3 is 2.81 bits per heavy atom. The zero-order valence-corrected chi connectivity index (χ0v) is 15.3. The maximum absolute atomic E-state index is 12.6. The standard InChI is InChI=1S/C21H21ClN2O2/c22-19-7-2-1-4-16(19)12-24-13-17(11-20(24)25)21(26)23-18-9-8-14-5-3-6-15(14)10-18/h1-2,4,7-10,17H,3,5-6,11-13H2,(H,23,26)/t17-/m1/s1. The second kappa shape index (κ2) is 7.12. The molecule has 1 aliphatic heterocycles. The molecule has 0 spiro atoms. The SMILES string of the molecule is O=C(Nc1ccc2c(c1)CCC2)[C@@H]1CC(=O)N(Cc2ccccc2Cl)C1. The molecule has 1 heterocycles. The largest absolute Gasteiger partial charge is 0.337 e. The normalized spacial score (nSPS) is 18.9. The number of benzene rings is 2. The van der Waals surface area contributed by atoms with E-state index in [1.165, 1.54) is 17.5 Å². The van der Waals surface area contributed by atoms with Crippen LogP contribution in [0.2, 0.25) is 5.02 Å². The quantitative estimate of drug-likeness (QED) is 0.891. The summed E-state index contributed by atoms with van der Waals surface area (Å²) >= 11 is 6.19. The highest BCUT2D eigenvalue weighted by Crippen LogP contribution is 2.27. The van der Waals surface area contributed by atoms with Gasteiger partial charge in [0.15, 0.2) is 0 Å². The third-order valence-electron chi connectivity index (χ3n) is 5.27. The van der Waals surface area contributed by atoms with Gasteiger partial charge in [-0.25, -0.2) is 0 Å². The van der Waals surface area contributed by atoms with Crippen molar-refractivity contribution in [2.45, 2.75) is 32.2 Å². The van der Waals surface area contributed by atoms with Crippen molar-refractivity contribution in [3.8, 4) is 0 Å². The number of nitrogens with one attached hydrogen (secondary N) is 1. The molecule has 4 nitrogen and oxygen atoms in total. The lowest BCUT2D eigenvalue weighted by Crippen LogP contribution is -2.28. The van der Waals surface area contributed by atoms with E-state index in [-0.39, 0.29) is 24.2 Å². The summed E-state index contributed by atoms with van der Waals surface area (Å²) in [4.78, 5) is 26.6. The van der Waals surface area contributed by atoms with Crippen LogP contribution in [0.1, 0.15) is 29.5 Å². The maximum atomic E-state index is 12.6. The number of nitrogens with zero attached hydrogens (tertiary/aromatic N) is 1. The highest BCUT2D eigenvalue weighted by atomic mass is 35.5. The van der Waals surface area contributed by atoms with Crippen LogP contribution in [0.3, 0.4) is 0 Å². The van der Waals surface area contributed by atoms with Gasteiger partial charge in [0.25, 0.3) is 0 Å². The molecule has 0 saturated carbocycles. The minimum atomic E-state index is -0.321. The van der Waals surface area contributed by atoms with E-state index in [9.17, 15) is 9.59 Å². The number of amides is 2. The zero-order chi connectivity index (χ0) is 18.1. The Bertz CT molecular complexity index is 865. The number of likely N-dealkylation sites (tertiary alicyclic amines) is 1. The summed E-state index contributed by atoms with van der Waals surface area (Å²) in [6.07, 6.45) is 3.63.